The Balaban J connectivity index is 2.06. The van der Waals surface area contributed by atoms with Crippen LogP contribution in [0.15, 0.2) is 42.5 Å². The van der Waals surface area contributed by atoms with Crippen molar-refractivity contribution >= 4 is 17.3 Å². The maximum absolute atomic E-state index is 12.2. The van der Waals surface area contributed by atoms with Crippen LogP contribution in [0.4, 0.5) is 11.4 Å². The van der Waals surface area contributed by atoms with Gasteiger partial charge in [-0.15, -0.1) is 0 Å². The number of carbonyl (C=O) groups is 1. The monoisotopic (exact) mass is 317 g/mol. The average Bonchev–Trinajstić information content (AvgIpc) is 2.59. The molecule has 2 N–H and O–H groups in total. The Bertz CT molecular complexity index is 716. The Kier molecular flexibility index (Phi) is 4.98. The maximum atomic E-state index is 12.2. The average molecular weight is 317 g/mol. The van der Waals surface area contributed by atoms with Crippen LogP contribution in [0.5, 0.6) is 11.5 Å². The molecule has 2 rings (SSSR count). The lowest BCUT2D eigenvalue weighted by Crippen LogP contribution is -2.29. The van der Waals surface area contributed by atoms with Gasteiger partial charge in [0.05, 0.1) is 30.4 Å². The standard InChI is InChI=1S/C15H15N3O5/c1-22-12-7-8-13(14(9-12)23-2)15(19)17-16-10-3-5-11(6-4-10)18(20)21/h3-9,16H,1-2H3,(H,17,19). The number of nitrogens with one attached hydrogen (secondary N) is 2. The molecule has 0 aliphatic rings. The molecule has 120 valence electrons. The Labute approximate surface area is 132 Å². The summed E-state index contributed by atoms with van der Waals surface area (Å²) >= 11 is 0. The van der Waals surface area contributed by atoms with Gasteiger partial charge in [-0.3, -0.25) is 25.8 Å². The highest BCUT2D eigenvalue weighted by Gasteiger charge is 2.13. The molecule has 0 saturated heterocycles. The predicted molar refractivity (Wildman–Crippen MR) is 83.7 cm³/mol. The number of ether oxygens (including phenoxy) is 2. The topological polar surface area (TPSA) is 103 Å². The molecule has 0 aliphatic carbocycles. The van der Waals surface area contributed by atoms with E-state index in [0.29, 0.717) is 22.7 Å². The van der Waals surface area contributed by atoms with Crippen LogP contribution in [0.2, 0.25) is 0 Å². The van der Waals surface area contributed by atoms with Crippen LogP contribution >= 0.6 is 0 Å². The fraction of sp³-hybridized carbons (Fsp3) is 0.133. The van der Waals surface area contributed by atoms with Gasteiger partial charge in [0.25, 0.3) is 11.6 Å². The zero-order chi connectivity index (χ0) is 16.8. The quantitative estimate of drug-likeness (QED) is 0.626. The smallest absolute Gasteiger partial charge is 0.273 e. The van der Waals surface area contributed by atoms with Gasteiger partial charge in [-0.05, 0) is 24.3 Å². The molecule has 23 heavy (non-hydrogen) atoms. The van der Waals surface area contributed by atoms with Crippen molar-refractivity contribution in [2.75, 3.05) is 19.6 Å². The number of hydrogen-bond donors (Lipinski definition) is 2. The van der Waals surface area contributed by atoms with E-state index in [0.717, 1.165) is 0 Å². The molecule has 0 radical (unpaired) electrons. The zero-order valence-electron chi connectivity index (χ0n) is 12.5. The summed E-state index contributed by atoms with van der Waals surface area (Å²) in [5, 5.41) is 10.6. The first-order valence-corrected chi connectivity index (χ1v) is 6.58. The number of nitro groups is 1. The number of rotatable bonds is 6. The Morgan fingerprint density at radius 1 is 1.09 bits per heavy atom. The van der Waals surface area contributed by atoms with Crippen LogP contribution in [-0.4, -0.2) is 25.1 Å². The van der Waals surface area contributed by atoms with Gasteiger partial charge in [0.15, 0.2) is 0 Å². The number of hydrogen-bond acceptors (Lipinski definition) is 6. The van der Waals surface area contributed by atoms with Crippen LogP contribution < -0.4 is 20.3 Å². The highest BCUT2D eigenvalue weighted by atomic mass is 16.6. The molecule has 2 aromatic rings. The lowest BCUT2D eigenvalue weighted by atomic mass is 10.2. The van der Waals surface area contributed by atoms with Gasteiger partial charge in [0.1, 0.15) is 11.5 Å². The van der Waals surface area contributed by atoms with Gasteiger partial charge in [0, 0.05) is 18.2 Å². The van der Waals surface area contributed by atoms with Crippen LogP contribution in [-0.2, 0) is 0 Å². The van der Waals surface area contributed by atoms with E-state index in [4.69, 9.17) is 9.47 Å². The summed E-state index contributed by atoms with van der Waals surface area (Å²) in [4.78, 5) is 22.3. The van der Waals surface area contributed by atoms with E-state index in [9.17, 15) is 14.9 Å². The molecule has 0 aromatic heterocycles. The van der Waals surface area contributed by atoms with Crippen molar-refractivity contribution < 1.29 is 19.2 Å². The Morgan fingerprint density at radius 2 is 1.78 bits per heavy atom. The molecule has 0 aliphatic heterocycles. The van der Waals surface area contributed by atoms with Crippen LogP contribution in [0, 0.1) is 10.1 Å². The van der Waals surface area contributed by atoms with E-state index < -0.39 is 10.8 Å². The number of hydrazine groups is 1. The third-order valence-electron chi connectivity index (χ3n) is 3.05. The molecule has 0 saturated carbocycles. The van der Waals surface area contributed by atoms with Crippen molar-refractivity contribution in [1.82, 2.24) is 5.43 Å². The number of nitro benzene ring substituents is 1. The van der Waals surface area contributed by atoms with Crippen LogP contribution in [0.25, 0.3) is 0 Å². The van der Waals surface area contributed by atoms with Crippen molar-refractivity contribution in [3.63, 3.8) is 0 Å². The van der Waals surface area contributed by atoms with Crippen molar-refractivity contribution in [3.8, 4) is 11.5 Å². The molecule has 0 heterocycles. The zero-order valence-corrected chi connectivity index (χ0v) is 12.5. The van der Waals surface area contributed by atoms with E-state index >= 15 is 0 Å². The lowest BCUT2D eigenvalue weighted by Gasteiger charge is -2.12. The van der Waals surface area contributed by atoms with Gasteiger partial charge < -0.3 is 9.47 Å². The fourth-order valence-electron chi connectivity index (χ4n) is 1.85. The van der Waals surface area contributed by atoms with Gasteiger partial charge in [-0.25, -0.2) is 0 Å². The minimum Gasteiger partial charge on any atom is -0.497 e. The number of benzene rings is 2. The number of methoxy groups -OCH3 is 2. The van der Waals surface area contributed by atoms with Gasteiger partial charge in [0.2, 0.25) is 0 Å². The van der Waals surface area contributed by atoms with E-state index in [1.807, 2.05) is 0 Å². The Hall–Kier alpha value is -3.29. The van der Waals surface area contributed by atoms with Crippen molar-refractivity contribution in [2.45, 2.75) is 0 Å². The lowest BCUT2D eigenvalue weighted by molar-refractivity contribution is -0.384. The molecule has 1 amide bonds. The summed E-state index contributed by atoms with van der Waals surface area (Å²) in [6.45, 7) is 0. The summed E-state index contributed by atoms with van der Waals surface area (Å²) in [7, 11) is 2.97. The largest absolute Gasteiger partial charge is 0.497 e. The molecule has 0 fully saturated rings. The van der Waals surface area contributed by atoms with E-state index in [1.54, 1.807) is 18.2 Å². The third-order valence-corrected chi connectivity index (χ3v) is 3.05. The molecule has 2 aromatic carbocycles. The number of amides is 1. The van der Waals surface area contributed by atoms with Crippen molar-refractivity contribution in [1.29, 1.82) is 0 Å². The molecule has 0 atom stereocenters. The van der Waals surface area contributed by atoms with E-state index in [2.05, 4.69) is 10.9 Å². The van der Waals surface area contributed by atoms with Crippen molar-refractivity contribution in [3.05, 3.63) is 58.1 Å². The molecule has 0 unspecified atom stereocenters. The summed E-state index contributed by atoms with van der Waals surface area (Å²) in [6, 6.07) is 10.5. The Morgan fingerprint density at radius 3 is 2.35 bits per heavy atom. The first-order chi connectivity index (χ1) is 11.0. The normalized spacial score (nSPS) is 9.83. The third kappa shape index (κ3) is 3.88. The second-order valence-corrected chi connectivity index (χ2v) is 4.45. The van der Waals surface area contributed by atoms with E-state index in [1.165, 1.54) is 38.5 Å². The molecule has 8 heteroatoms. The minimum absolute atomic E-state index is 0.0290. The maximum Gasteiger partial charge on any atom is 0.273 e. The van der Waals surface area contributed by atoms with Crippen LogP contribution in [0.1, 0.15) is 10.4 Å². The number of anilines is 1. The number of carbonyl (C=O) groups excluding carboxylic acids is 1. The second-order valence-electron chi connectivity index (χ2n) is 4.45. The summed E-state index contributed by atoms with van der Waals surface area (Å²) in [5.41, 5.74) is 5.98. The number of nitrogens with zero attached hydrogens (tertiary/aromatic N) is 1. The second kappa shape index (κ2) is 7.12. The molecular formula is C15H15N3O5. The highest BCUT2D eigenvalue weighted by Crippen LogP contribution is 2.24. The summed E-state index contributed by atoms with van der Waals surface area (Å²) in [5.74, 6) is 0.525. The molecule has 8 nitrogen and oxygen atoms in total. The number of non-ortho nitro benzene ring substituents is 1. The first-order valence-electron chi connectivity index (χ1n) is 6.58. The van der Waals surface area contributed by atoms with Crippen LogP contribution in [0.3, 0.4) is 0 Å². The highest BCUT2D eigenvalue weighted by molar-refractivity contribution is 5.97. The predicted octanol–water partition coefficient (Wildman–Crippen LogP) is 2.37. The molecule has 0 spiro atoms. The van der Waals surface area contributed by atoms with Crippen molar-refractivity contribution in [2.24, 2.45) is 0 Å². The van der Waals surface area contributed by atoms with E-state index in [-0.39, 0.29) is 5.69 Å². The summed E-state index contributed by atoms with van der Waals surface area (Å²) in [6.07, 6.45) is 0. The first kappa shape index (κ1) is 16.1. The fourth-order valence-corrected chi connectivity index (χ4v) is 1.85. The van der Waals surface area contributed by atoms with Gasteiger partial charge in [-0.1, -0.05) is 0 Å². The minimum atomic E-state index is -0.495. The SMILES string of the molecule is COc1ccc(C(=O)NNc2ccc([N+](=O)[O-])cc2)c(OC)c1. The van der Waals surface area contributed by atoms with Gasteiger partial charge in [-0.2, -0.15) is 0 Å². The molecular weight excluding hydrogens is 302 g/mol. The molecule has 0 bridgehead atoms. The summed E-state index contributed by atoms with van der Waals surface area (Å²) < 4.78 is 10.2. The van der Waals surface area contributed by atoms with Gasteiger partial charge >= 0.3 is 0 Å².